The molecular formula is C28H30N6O3S2. The van der Waals surface area contributed by atoms with Crippen LogP contribution in [0.2, 0.25) is 0 Å². The molecule has 1 fully saturated rings. The number of sulfonamides is 1. The van der Waals surface area contributed by atoms with Crippen LogP contribution in [0, 0.1) is 0 Å². The van der Waals surface area contributed by atoms with Crippen LogP contribution in [-0.2, 0) is 10.0 Å². The van der Waals surface area contributed by atoms with E-state index < -0.39 is 10.0 Å². The van der Waals surface area contributed by atoms with Crippen molar-refractivity contribution in [2.75, 3.05) is 42.0 Å². The summed E-state index contributed by atoms with van der Waals surface area (Å²) in [6, 6.07) is 23.1. The standard InChI is InChI=1S/C28H30N6O3S2/c1-32(2)19-10-12-20(13-11-19)33-17-7-9-24(33)27-26(23-8-5-6-16-29-23)30-28(38)34(27)21-14-15-22(25(18-21)37-3)31-39(4,35)36/h5-18,26-27,31H,1-4H3,(H,30,38)/t26-,27+/m1/s1. The van der Waals surface area contributed by atoms with E-state index in [2.05, 4.69) is 54.8 Å². The zero-order valence-electron chi connectivity index (χ0n) is 22.1. The first kappa shape index (κ1) is 26.5. The van der Waals surface area contributed by atoms with Crippen LogP contribution in [0.1, 0.15) is 23.5 Å². The van der Waals surface area contributed by atoms with Gasteiger partial charge in [0.25, 0.3) is 0 Å². The third kappa shape index (κ3) is 5.41. The highest BCUT2D eigenvalue weighted by atomic mass is 32.2. The molecule has 4 aromatic rings. The molecule has 0 saturated carbocycles. The lowest BCUT2D eigenvalue weighted by Gasteiger charge is -2.29. The summed E-state index contributed by atoms with van der Waals surface area (Å²) in [7, 11) is 2.05. The zero-order chi connectivity index (χ0) is 27.7. The van der Waals surface area contributed by atoms with E-state index in [-0.39, 0.29) is 12.1 Å². The normalized spacial score (nSPS) is 17.1. The smallest absolute Gasteiger partial charge is 0.229 e. The summed E-state index contributed by atoms with van der Waals surface area (Å²) in [6.07, 6.45) is 4.91. The summed E-state index contributed by atoms with van der Waals surface area (Å²) in [4.78, 5) is 8.73. The van der Waals surface area contributed by atoms with Gasteiger partial charge < -0.3 is 24.4 Å². The maximum atomic E-state index is 11.9. The van der Waals surface area contributed by atoms with Crippen molar-refractivity contribution >= 4 is 44.4 Å². The van der Waals surface area contributed by atoms with Crippen LogP contribution in [0.5, 0.6) is 5.75 Å². The molecule has 1 aliphatic rings. The van der Waals surface area contributed by atoms with Crippen LogP contribution in [0.4, 0.5) is 17.1 Å². The van der Waals surface area contributed by atoms with Gasteiger partial charge >= 0.3 is 0 Å². The van der Waals surface area contributed by atoms with Crippen LogP contribution < -0.4 is 24.6 Å². The van der Waals surface area contributed by atoms with Gasteiger partial charge in [0, 0.05) is 55.3 Å². The second-order valence-electron chi connectivity index (χ2n) is 9.47. The molecule has 0 aliphatic carbocycles. The fourth-order valence-electron chi connectivity index (χ4n) is 4.83. The molecular weight excluding hydrogens is 532 g/mol. The fraction of sp³-hybridized carbons (Fsp3) is 0.214. The van der Waals surface area contributed by atoms with Crippen LogP contribution >= 0.6 is 12.2 Å². The maximum Gasteiger partial charge on any atom is 0.229 e. The molecule has 39 heavy (non-hydrogen) atoms. The minimum absolute atomic E-state index is 0.242. The van der Waals surface area contributed by atoms with E-state index in [0.29, 0.717) is 16.5 Å². The SMILES string of the molecule is COc1cc(N2C(=S)N[C@H](c3ccccn3)[C@@H]2c2cccn2-c2ccc(N(C)C)cc2)ccc1NS(C)(=O)=O. The third-order valence-electron chi connectivity index (χ3n) is 6.58. The number of anilines is 3. The van der Waals surface area contributed by atoms with Gasteiger partial charge in [0.05, 0.1) is 30.8 Å². The molecule has 2 aromatic carbocycles. The van der Waals surface area contributed by atoms with Crippen LogP contribution in [0.3, 0.4) is 0 Å². The summed E-state index contributed by atoms with van der Waals surface area (Å²) in [6.45, 7) is 0. The van der Waals surface area contributed by atoms with Crippen molar-refractivity contribution in [1.82, 2.24) is 14.9 Å². The summed E-state index contributed by atoms with van der Waals surface area (Å²) >= 11 is 5.88. The summed E-state index contributed by atoms with van der Waals surface area (Å²) < 4.78 is 34.0. The van der Waals surface area contributed by atoms with Crippen LogP contribution in [0.25, 0.3) is 5.69 Å². The van der Waals surface area contributed by atoms with Gasteiger partial charge in [-0.1, -0.05) is 6.07 Å². The monoisotopic (exact) mass is 562 g/mol. The number of nitrogens with zero attached hydrogens (tertiary/aromatic N) is 4. The van der Waals surface area contributed by atoms with Gasteiger partial charge in [0.1, 0.15) is 11.8 Å². The van der Waals surface area contributed by atoms with Crippen molar-refractivity contribution in [2.24, 2.45) is 0 Å². The fourth-order valence-corrected chi connectivity index (χ4v) is 5.74. The number of rotatable bonds is 8. The molecule has 0 unspecified atom stereocenters. The molecule has 11 heteroatoms. The predicted molar refractivity (Wildman–Crippen MR) is 159 cm³/mol. The molecule has 0 spiro atoms. The first-order chi connectivity index (χ1) is 18.7. The minimum Gasteiger partial charge on any atom is -0.494 e. The largest absolute Gasteiger partial charge is 0.494 e. The molecule has 3 heterocycles. The van der Waals surface area contributed by atoms with Gasteiger partial charge in [-0.15, -0.1) is 0 Å². The molecule has 0 bridgehead atoms. The Hall–Kier alpha value is -4.09. The molecule has 9 nitrogen and oxygen atoms in total. The van der Waals surface area contributed by atoms with Crippen molar-refractivity contribution in [3.8, 4) is 11.4 Å². The average Bonchev–Trinajstić information content (AvgIpc) is 3.53. The topological polar surface area (TPSA) is 91.7 Å². The number of methoxy groups -OCH3 is 1. The highest BCUT2D eigenvalue weighted by Crippen LogP contribution is 2.44. The van der Waals surface area contributed by atoms with Crippen molar-refractivity contribution in [3.63, 3.8) is 0 Å². The zero-order valence-corrected chi connectivity index (χ0v) is 23.7. The number of benzene rings is 2. The Balaban J connectivity index is 1.63. The molecule has 2 atom stereocenters. The van der Waals surface area contributed by atoms with Crippen molar-refractivity contribution in [3.05, 3.63) is 96.6 Å². The first-order valence-corrected chi connectivity index (χ1v) is 14.6. The molecule has 1 saturated heterocycles. The number of aromatic nitrogens is 2. The quantitative estimate of drug-likeness (QED) is 0.304. The Labute approximate surface area is 234 Å². The number of thiocarbonyl (C=S) groups is 1. The number of nitrogens with one attached hydrogen (secondary N) is 2. The summed E-state index contributed by atoms with van der Waals surface area (Å²) in [5.74, 6) is 0.385. The van der Waals surface area contributed by atoms with Gasteiger partial charge in [-0.05, 0) is 72.9 Å². The Kier molecular flexibility index (Phi) is 7.19. The van der Waals surface area contributed by atoms with Crippen molar-refractivity contribution in [2.45, 2.75) is 12.1 Å². The van der Waals surface area contributed by atoms with Crippen LogP contribution in [0.15, 0.2) is 85.2 Å². The van der Waals surface area contributed by atoms with E-state index in [1.165, 1.54) is 7.11 Å². The van der Waals surface area contributed by atoms with Gasteiger partial charge in [0.2, 0.25) is 10.0 Å². The first-order valence-electron chi connectivity index (χ1n) is 12.3. The Morgan fingerprint density at radius 3 is 2.41 bits per heavy atom. The van der Waals surface area contributed by atoms with E-state index in [1.807, 2.05) is 55.5 Å². The van der Waals surface area contributed by atoms with E-state index in [0.717, 1.165) is 34.7 Å². The highest BCUT2D eigenvalue weighted by molar-refractivity contribution is 7.92. The second kappa shape index (κ2) is 10.6. The van der Waals surface area contributed by atoms with Gasteiger partial charge in [0.15, 0.2) is 5.11 Å². The lowest BCUT2D eigenvalue weighted by atomic mass is 10.0. The maximum absolute atomic E-state index is 11.9. The van der Waals surface area contributed by atoms with E-state index in [9.17, 15) is 8.42 Å². The number of hydrogen-bond acceptors (Lipinski definition) is 6. The lowest BCUT2D eigenvalue weighted by Crippen LogP contribution is -2.30. The highest BCUT2D eigenvalue weighted by Gasteiger charge is 2.42. The average molecular weight is 563 g/mol. The number of ether oxygens (including phenoxy) is 1. The molecule has 1 aliphatic heterocycles. The van der Waals surface area contributed by atoms with Crippen molar-refractivity contribution < 1.29 is 13.2 Å². The summed E-state index contributed by atoms with van der Waals surface area (Å²) in [5, 5.41) is 4.00. The van der Waals surface area contributed by atoms with Gasteiger partial charge in [-0.25, -0.2) is 8.42 Å². The van der Waals surface area contributed by atoms with Gasteiger partial charge in [-0.3, -0.25) is 9.71 Å². The summed E-state index contributed by atoms with van der Waals surface area (Å²) in [5.41, 5.74) is 5.09. The molecule has 2 aromatic heterocycles. The number of hydrogen-bond donors (Lipinski definition) is 2. The molecule has 5 rings (SSSR count). The van der Waals surface area contributed by atoms with Gasteiger partial charge in [-0.2, -0.15) is 0 Å². The molecule has 0 radical (unpaired) electrons. The molecule has 202 valence electrons. The second-order valence-corrected chi connectivity index (χ2v) is 11.6. The van der Waals surface area contributed by atoms with Crippen molar-refractivity contribution in [1.29, 1.82) is 0 Å². The molecule has 0 amide bonds. The van der Waals surface area contributed by atoms with E-state index in [4.69, 9.17) is 17.0 Å². The predicted octanol–water partition coefficient (Wildman–Crippen LogP) is 4.50. The lowest BCUT2D eigenvalue weighted by molar-refractivity contribution is 0.417. The van der Waals surface area contributed by atoms with Crippen LogP contribution in [-0.4, -0.2) is 50.5 Å². The minimum atomic E-state index is -3.48. The molecule has 2 N–H and O–H groups in total. The Morgan fingerprint density at radius 2 is 1.77 bits per heavy atom. The third-order valence-corrected chi connectivity index (χ3v) is 7.49. The Morgan fingerprint density at radius 1 is 1.03 bits per heavy atom. The van der Waals surface area contributed by atoms with E-state index >= 15 is 0 Å². The van der Waals surface area contributed by atoms with E-state index in [1.54, 1.807) is 18.3 Å². The number of pyridine rings is 1. The Bertz CT molecular complexity index is 1590.